The fraction of sp³-hybridized carbons (Fsp3) is 0. The summed E-state index contributed by atoms with van der Waals surface area (Å²) in [6.07, 6.45) is 4.35. The highest BCUT2D eigenvalue weighted by Gasteiger charge is 2.20. The lowest BCUT2D eigenvalue weighted by molar-refractivity contribution is -0.382. The summed E-state index contributed by atoms with van der Waals surface area (Å²) in [5.41, 5.74) is 0.928. The van der Waals surface area contributed by atoms with Crippen molar-refractivity contribution in [2.75, 3.05) is 0 Å². The van der Waals surface area contributed by atoms with Crippen molar-refractivity contribution in [2.24, 2.45) is 0 Å². The summed E-state index contributed by atoms with van der Waals surface area (Å²) in [5, 5.41) is 15.6. The van der Waals surface area contributed by atoms with Crippen molar-refractivity contribution in [3.8, 4) is 5.69 Å². The minimum absolute atomic E-state index is 0.0221. The van der Waals surface area contributed by atoms with E-state index in [0.717, 1.165) is 0 Å². The molecule has 0 unspecified atom stereocenters. The summed E-state index contributed by atoms with van der Waals surface area (Å²) in [7, 11) is 0. The smallest absolute Gasteiger partial charge is 0.258 e. The van der Waals surface area contributed by atoms with Crippen molar-refractivity contribution in [3.05, 3.63) is 53.2 Å². The molecule has 7 nitrogen and oxygen atoms in total. The molecular formula is C11H7N5O2. The highest BCUT2D eigenvalue weighted by Crippen LogP contribution is 2.30. The Morgan fingerprint density at radius 3 is 2.89 bits per heavy atom. The number of nitro benzene ring substituents is 1. The molecule has 3 aromatic rings. The Labute approximate surface area is 101 Å². The van der Waals surface area contributed by atoms with Crippen LogP contribution in [0.4, 0.5) is 5.69 Å². The number of rotatable bonds is 2. The van der Waals surface area contributed by atoms with Gasteiger partial charge in [-0.15, -0.1) is 0 Å². The van der Waals surface area contributed by atoms with Gasteiger partial charge in [-0.05, 0) is 24.3 Å². The van der Waals surface area contributed by atoms with E-state index in [1.165, 1.54) is 17.3 Å². The molecule has 0 N–H and O–H groups in total. The van der Waals surface area contributed by atoms with Crippen LogP contribution in [-0.2, 0) is 0 Å². The summed E-state index contributed by atoms with van der Waals surface area (Å²) < 4.78 is 1.37. The van der Waals surface area contributed by atoms with Gasteiger partial charge in [-0.25, -0.2) is 9.67 Å². The summed E-state index contributed by atoms with van der Waals surface area (Å²) in [5.74, 6) is 0. The van der Waals surface area contributed by atoms with E-state index in [1.54, 1.807) is 30.5 Å². The van der Waals surface area contributed by atoms with Gasteiger partial charge in [-0.2, -0.15) is 5.10 Å². The van der Waals surface area contributed by atoms with Crippen LogP contribution < -0.4 is 0 Å². The molecule has 0 aliphatic rings. The van der Waals surface area contributed by atoms with Crippen molar-refractivity contribution < 1.29 is 4.92 Å². The van der Waals surface area contributed by atoms with E-state index in [1.807, 2.05) is 0 Å². The number of benzene rings is 1. The van der Waals surface area contributed by atoms with Crippen LogP contribution >= 0.6 is 0 Å². The van der Waals surface area contributed by atoms with E-state index in [0.29, 0.717) is 16.6 Å². The van der Waals surface area contributed by atoms with Crippen molar-refractivity contribution in [1.29, 1.82) is 0 Å². The molecular weight excluding hydrogens is 234 g/mol. The predicted molar refractivity (Wildman–Crippen MR) is 63.3 cm³/mol. The first-order chi connectivity index (χ1) is 8.77. The lowest BCUT2D eigenvalue weighted by atomic mass is 10.1. The Bertz CT molecular complexity index is 723. The van der Waals surface area contributed by atoms with Gasteiger partial charge in [0.2, 0.25) is 0 Å². The molecule has 0 atom stereocenters. The van der Waals surface area contributed by atoms with Crippen molar-refractivity contribution >= 4 is 16.6 Å². The Hall–Kier alpha value is -2.83. The van der Waals surface area contributed by atoms with Gasteiger partial charge in [-0.3, -0.25) is 15.1 Å². The second kappa shape index (κ2) is 3.88. The average Bonchev–Trinajstić information content (AvgIpc) is 2.90. The largest absolute Gasteiger partial charge is 0.304 e. The molecule has 0 aliphatic heterocycles. The van der Waals surface area contributed by atoms with E-state index in [9.17, 15) is 10.1 Å². The summed E-state index contributed by atoms with van der Waals surface area (Å²) in [4.78, 5) is 18.7. The highest BCUT2D eigenvalue weighted by molar-refractivity contribution is 5.91. The third kappa shape index (κ3) is 1.49. The number of nitro groups is 1. The van der Waals surface area contributed by atoms with Crippen molar-refractivity contribution in [2.45, 2.75) is 0 Å². The summed E-state index contributed by atoms with van der Waals surface area (Å²) in [6, 6.07) is 6.67. The number of hydrogen-bond donors (Lipinski definition) is 0. The van der Waals surface area contributed by atoms with Gasteiger partial charge in [0.05, 0.1) is 15.8 Å². The number of fused-ring (bicyclic) bond motifs is 1. The molecule has 88 valence electrons. The quantitative estimate of drug-likeness (QED) is 0.503. The molecule has 18 heavy (non-hydrogen) atoms. The molecule has 7 heteroatoms. The maximum atomic E-state index is 11.2. The lowest BCUT2D eigenvalue weighted by Gasteiger charge is -2.04. The first-order valence-electron chi connectivity index (χ1n) is 5.14. The van der Waals surface area contributed by atoms with Gasteiger partial charge >= 0.3 is 5.69 Å². The second-order valence-corrected chi connectivity index (χ2v) is 3.60. The van der Waals surface area contributed by atoms with Gasteiger partial charge in [0.1, 0.15) is 18.3 Å². The van der Waals surface area contributed by atoms with Gasteiger partial charge < -0.3 is 0 Å². The Morgan fingerprint density at radius 1 is 1.28 bits per heavy atom. The second-order valence-electron chi connectivity index (χ2n) is 3.60. The van der Waals surface area contributed by atoms with Crippen LogP contribution in [0.25, 0.3) is 16.6 Å². The average molecular weight is 241 g/mol. The topological polar surface area (TPSA) is 86.7 Å². The molecule has 2 aromatic heterocycles. The summed E-state index contributed by atoms with van der Waals surface area (Å²) in [6.45, 7) is 0. The number of nitrogens with zero attached hydrogens (tertiary/aromatic N) is 5. The Balaban J connectivity index is 2.39. The Kier molecular flexibility index (Phi) is 2.23. The zero-order valence-corrected chi connectivity index (χ0v) is 9.09. The van der Waals surface area contributed by atoms with Crippen LogP contribution in [0.1, 0.15) is 0 Å². The third-order valence-electron chi connectivity index (χ3n) is 2.58. The van der Waals surface area contributed by atoms with E-state index in [2.05, 4.69) is 15.1 Å². The first-order valence-corrected chi connectivity index (χ1v) is 5.14. The van der Waals surface area contributed by atoms with E-state index in [4.69, 9.17) is 0 Å². The SMILES string of the molecule is O=[N+]([O-])c1c(-n2cncn2)ccc2ncccc12. The van der Waals surface area contributed by atoms with Crippen LogP contribution in [0.2, 0.25) is 0 Å². The fourth-order valence-electron chi connectivity index (χ4n) is 1.83. The maximum Gasteiger partial charge on any atom is 0.304 e. The first kappa shape index (κ1) is 10.3. The van der Waals surface area contributed by atoms with Crippen LogP contribution in [0, 0.1) is 10.1 Å². The van der Waals surface area contributed by atoms with Crippen LogP contribution in [-0.4, -0.2) is 24.7 Å². The predicted octanol–water partition coefficient (Wildman–Crippen LogP) is 1.72. The summed E-state index contributed by atoms with van der Waals surface area (Å²) >= 11 is 0. The maximum absolute atomic E-state index is 11.2. The molecule has 0 amide bonds. The van der Waals surface area contributed by atoms with Gasteiger partial charge in [0.25, 0.3) is 0 Å². The van der Waals surface area contributed by atoms with Gasteiger partial charge in [-0.1, -0.05) is 0 Å². The normalized spacial score (nSPS) is 10.7. The Morgan fingerprint density at radius 2 is 2.17 bits per heavy atom. The monoisotopic (exact) mass is 241 g/mol. The molecule has 0 fully saturated rings. The van der Waals surface area contributed by atoms with E-state index >= 15 is 0 Å². The van der Waals surface area contributed by atoms with Crippen molar-refractivity contribution in [3.63, 3.8) is 0 Å². The minimum atomic E-state index is -0.430. The molecule has 0 spiro atoms. The third-order valence-corrected chi connectivity index (χ3v) is 2.58. The molecule has 0 aliphatic carbocycles. The molecule has 0 bridgehead atoms. The lowest BCUT2D eigenvalue weighted by Crippen LogP contribution is -2.01. The van der Waals surface area contributed by atoms with E-state index < -0.39 is 4.92 Å². The van der Waals surface area contributed by atoms with Gasteiger partial charge in [0, 0.05) is 6.20 Å². The molecule has 3 rings (SSSR count). The van der Waals surface area contributed by atoms with Crippen LogP contribution in [0.15, 0.2) is 43.1 Å². The molecule has 1 aromatic carbocycles. The van der Waals surface area contributed by atoms with Crippen LogP contribution in [0.3, 0.4) is 0 Å². The highest BCUT2D eigenvalue weighted by atomic mass is 16.6. The minimum Gasteiger partial charge on any atom is -0.258 e. The molecule has 0 saturated carbocycles. The van der Waals surface area contributed by atoms with E-state index in [-0.39, 0.29) is 5.69 Å². The fourth-order valence-corrected chi connectivity index (χ4v) is 1.83. The number of hydrogen-bond acceptors (Lipinski definition) is 5. The molecule has 0 radical (unpaired) electrons. The standard InChI is InChI=1S/C11H7N5O2/c17-16(18)11-8-2-1-5-13-9(8)3-4-10(11)15-7-12-6-14-15/h1-7H. The molecule has 0 saturated heterocycles. The van der Waals surface area contributed by atoms with Gasteiger partial charge in [0.15, 0.2) is 0 Å². The van der Waals surface area contributed by atoms with Crippen molar-refractivity contribution in [1.82, 2.24) is 19.7 Å². The molecule has 2 heterocycles. The zero-order valence-electron chi connectivity index (χ0n) is 9.09. The zero-order chi connectivity index (χ0) is 12.5. The number of pyridine rings is 1. The van der Waals surface area contributed by atoms with Crippen LogP contribution in [0.5, 0.6) is 0 Å². The number of aromatic nitrogens is 4.